The van der Waals surface area contributed by atoms with Crippen LogP contribution in [0.3, 0.4) is 0 Å². The molecule has 2 aromatic rings. The lowest BCUT2D eigenvalue weighted by molar-refractivity contribution is -0.385. The van der Waals surface area contributed by atoms with Gasteiger partial charge in [0.05, 0.1) is 16.6 Å². The highest BCUT2D eigenvalue weighted by molar-refractivity contribution is 5.94. The van der Waals surface area contributed by atoms with Crippen molar-refractivity contribution >= 4 is 23.6 Å². The van der Waals surface area contributed by atoms with Crippen LogP contribution < -0.4 is 10.6 Å². The molecule has 140 valence electrons. The van der Waals surface area contributed by atoms with Gasteiger partial charge in [0.15, 0.2) is 0 Å². The van der Waals surface area contributed by atoms with Gasteiger partial charge in [-0.25, -0.2) is 4.39 Å². The molecule has 7 nitrogen and oxygen atoms in total. The van der Waals surface area contributed by atoms with Gasteiger partial charge in [-0.15, -0.1) is 0 Å². The van der Waals surface area contributed by atoms with E-state index in [1.165, 1.54) is 12.1 Å². The second-order valence-electron chi connectivity index (χ2n) is 5.57. The molecule has 0 atom stereocenters. The molecule has 27 heavy (non-hydrogen) atoms. The van der Waals surface area contributed by atoms with Gasteiger partial charge in [0.25, 0.3) is 11.6 Å². The molecule has 2 amide bonds. The Morgan fingerprint density at radius 1 is 1.15 bits per heavy atom. The van der Waals surface area contributed by atoms with Gasteiger partial charge in [-0.3, -0.25) is 19.7 Å². The van der Waals surface area contributed by atoms with Gasteiger partial charge in [0, 0.05) is 24.7 Å². The molecular weight excluding hydrogens is 353 g/mol. The molecule has 0 bridgehead atoms. The van der Waals surface area contributed by atoms with E-state index in [0.717, 1.165) is 23.8 Å². The highest BCUT2D eigenvalue weighted by Gasteiger charge is 2.12. The van der Waals surface area contributed by atoms with Crippen molar-refractivity contribution in [1.82, 2.24) is 10.6 Å². The number of nitrogens with one attached hydrogen (secondary N) is 2. The lowest BCUT2D eigenvalue weighted by Gasteiger charge is -2.05. The summed E-state index contributed by atoms with van der Waals surface area (Å²) in [6.07, 6.45) is 2.40. The normalized spacial score (nSPS) is 10.6. The number of benzene rings is 2. The van der Waals surface area contributed by atoms with E-state index in [9.17, 15) is 24.1 Å². The van der Waals surface area contributed by atoms with E-state index in [0.29, 0.717) is 12.1 Å². The van der Waals surface area contributed by atoms with Crippen LogP contribution in [0.4, 0.5) is 10.1 Å². The number of nitro benzene ring substituents is 1. The second kappa shape index (κ2) is 9.23. The van der Waals surface area contributed by atoms with Crippen molar-refractivity contribution in [2.75, 3.05) is 6.54 Å². The fourth-order valence-electron chi connectivity index (χ4n) is 2.27. The SMILES string of the molecule is CCNC(=O)c1ccc(CNC(=O)C=Cc2ccc(F)cc2[N+](=O)[O-])cc1. The van der Waals surface area contributed by atoms with Crippen molar-refractivity contribution in [3.8, 4) is 0 Å². The molecule has 0 aliphatic heterocycles. The standard InChI is InChI=1S/C19H18FN3O4/c1-2-21-19(25)15-5-3-13(4-6-15)12-22-18(24)10-8-14-7-9-16(20)11-17(14)23(26)27/h3-11H,2,12H2,1H3,(H,21,25)(H,22,24). The summed E-state index contributed by atoms with van der Waals surface area (Å²) in [6, 6.07) is 9.87. The molecule has 2 N–H and O–H groups in total. The molecule has 2 aromatic carbocycles. The molecule has 0 heterocycles. The minimum Gasteiger partial charge on any atom is -0.352 e. The lowest BCUT2D eigenvalue weighted by atomic mass is 10.1. The Morgan fingerprint density at radius 3 is 2.48 bits per heavy atom. The summed E-state index contributed by atoms with van der Waals surface area (Å²) in [6.45, 7) is 2.59. The van der Waals surface area contributed by atoms with Crippen LogP contribution in [0.15, 0.2) is 48.5 Å². The molecule has 0 fully saturated rings. The molecule has 0 saturated heterocycles. The van der Waals surface area contributed by atoms with Crippen LogP contribution >= 0.6 is 0 Å². The first-order valence-electron chi connectivity index (χ1n) is 8.17. The minimum absolute atomic E-state index is 0.128. The predicted molar refractivity (Wildman–Crippen MR) is 98.4 cm³/mol. The summed E-state index contributed by atoms with van der Waals surface area (Å²) >= 11 is 0. The van der Waals surface area contributed by atoms with Crippen LogP contribution in [0.1, 0.15) is 28.4 Å². The number of hydrogen-bond acceptors (Lipinski definition) is 4. The zero-order chi connectivity index (χ0) is 19.8. The molecule has 0 aliphatic carbocycles. The summed E-state index contributed by atoms with van der Waals surface area (Å²) in [5, 5.41) is 16.2. The third kappa shape index (κ3) is 5.74. The summed E-state index contributed by atoms with van der Waals surface area (Å²) in [5.74, 6) is -1.35. The maximum atomic E-state index is 13.1. The third-order valence-corrected chi connectivity index (χ3v) is 3.62. The Bertz CT molecular complexity index is 879. The van der Waals surface area contributed by atoms with E-state index in [-0.39, 0.29) is 18.0 Å². The highest BCUT2D eigenvalue weighted by Crippen LogP contribution is 2.20. The summed E-state index contributed by atoms with van der Waals surface area (Å²) in [4.78, 5) is 33.8. The Labute approximate surface area is 155 Å². The van der Waals surface area contributed by atoms with Crippen molar-refractivity contribution in [2.45, 2.75) is 13.5 Å². The molecule has 8 heteroatoms. The Kier molecular flexibility index (Phi) is 6.76. The number of hydrogen-bond donors (Lipinski definition) is 2. The van der Waals surface area contributed by atoms with Crippen molar-refractivity contribution in [2.24, 2.45) is 0 Å². The fourth-order valence-corrected chi connectivity index (χ4v) is 2.27. The first-order chi connectivity index (χ1) is 12.9. The van der Waals surface area contributed by atoms with Gasteiger partial charge >= 0.3 is 0 Å². The number of halogens is 1. The zero-order valence-electron chi connectivity index (χ0n) is 14.6. The fraction of sp³-hybridized carbons (Fsp3) is 0.158. The van der Waals surface area contributed by atoms with Crippen molar-refractivity contribution in [1.29, 1.82) is 0 Å². The lowest BCUT2D eigenvalue weighted by Crippen LogP contribution is -2.23. The molecule has 0 saturated carbocycles. The number of carbonyl (C=O) groups is 2. The van der Waals surface area contributed by atoms with Crippen LogP contribution in [0.25, 0.3) is 6.08 Å². The molecule has 0 aromatic heterocycles. The average molecular weight is 371 g/mol. The first-order valence-corrected chi connectivity index (χ1v) is 8.17. The molecular formula is C19H18FN3O4. The maximum absolute atomic E-state index is 13.1. The Morgan fingerprint density at radius 2 is 1.85 bits per heavy atom. The number of amides is 2. The van der Waals surface area contributed by atoms with E-state index < -0.39 is 22.3 Å². The number of rotatable bonds is 7. The van der Waals surface area contributed by atoms with Crippen molar-refractivity contribution in [3.63, 3.8) is 0 Å². The first kappa shape index (κ1) is 19.8. The van der Waals surface area contributed by atoms with E-state index >= 15 is 0 Å². The zero-order valence-corrected chi connectivity index (χ0v) is 14.6. The number of carbonyl (C=O) groups excluding carboxylic acids is 2. The van der Waals surface area contributed by atoms with Crippen molar-refractivity contribution in [3.05, 3.63) is 81.2 Å². The van der Waals surface area contributed by atoms with E-state index in [1.807, 2.05) is 6.92 Å². The van der Waals surface area contributed by atoms with Crippen molar-refractivity contribution < 1.29 is 18.9 Å². The van der Waals surface area contributed by atoms with Crippen LogP contribution in [0.2, 0.25) is 0 Å². The molecule has 0 spiro atoms. The Hall–Kier alpha value is -3.55. The monoisotopic (exact) mass is 371 g/mol. The highest BCUT2D eigenvalue weighted by atomic mass is 19.1. The van der Waals surface area contributed by atoms with Gasteiger partial charge in [-0.1, -0.05) is 12.1 Å². The molecule has 0 radical (unpaired) electrons. The topological polar surface area (TPSA) is 101 Å². The van der Waals surface area contributed by atoms with Gasteiger partial charge in [-0.2, -0.15) is 0 Å². The summed E-state index contributed by atoms with van der Waals surface area (Å²) < 4.78 is 13.1. The second-order valence-corrected chi connectivity index (χ2v) is 5.57. The molecule has 0 unspecified atom stereocenters. The van der Waals surface area contributed by atoms with Gasteiger partial charge in [0.1, 0.15) is 5.82 Å². The van der Waals surface area contributed by atoms with E-state index in [4.69, 9.17) is 0 Å². The van der Waals surface area contributed by atoms with Gasteiger partial charge in [-0.05, 0) is 42.8 Å². The molecule has 0 aliphatic rings. The van der Waals surface area contributed by atoms with Crippen LogP contribution in [0, 0.1) is 15.9 Å². The average Bonchev–Trinajstić information content (AvgIpc) is 2.65. The van der Waals surface area contributed by atoms with E-state index in [1.54, 1.807) is 24.3 Å². The largest absolute Gasteiger partial charge is 0.352 e. The van der Waals surface area contributed by atoms with Crippen LogP contribution in [0.5, 0.6) is 0 Å². The number of nitrogens with zero attached hydrogens (tertiary/aromatic N) is 1. The minimum atomic E-state index is -0.723. The third-order valence-electron chi connectivity index (χ3n) is 3.62. The predicted octanol–water partition coefficient (Wildman–Crippen LogP) is 2.81. The number of nitro groups is 1. The Balaban J connectivity index is 1.96. The van der Waals surface area contributed by atoms with Gasteiger partial charge in [0.2, 0.25) is 5.91 Å². The van der Waals surface area contributed by atoms with Crippen LogP contribution in [-0.2, 0) is 11.3 Å². The van der Waals surface area contributed by atoms with Gasteiger partial charge < -0.3 is 10.6 Å². The smallest absolute Gasteiger partial charge is 0.279 e. The quantitative estimate of drug-likeness (QED) is 0.444. The maximum Gasteiger partial charge on any atom is 0.279 e. The summed E-state index contributed by atoms with van der Waals surface area (Å²) in [5.41, 5.74) is 1.02. The molecule has 2 rings (SSSR count). The summed E-state index contributed by atoms with van der Waals surface area (Å²) in [7, 11) is 0. The van der Waals surface area contributed by atoms with E-state index in [2.05, 4.69) is 10.6 Å². The van der Waals surface area contributed by atoms with Crippen LogP contribution in [-0.4, -0.2) is 23.3 Å².